The van der Waals surface area contributed by atoms with E-state index in [1.807, 2.05) is 78.1 Å². The number of fused-ring (bicyclic) bond motifs is 10. The molecule has 0 saturated carbocycles. The Morgan fingerprint density at radius 2 is 0.786 bits per heavy atom. The van der Waals surface area contributed by atoms with Crippen molar-refractivity contribution >= 4 is 75.1 Å². The number of benzene rings is 10. The zero-order chi connectivity index (χ0) is 46.1. The number of nitrogens with zero attached hydrogens (tertiary/aromatic N) is 4. The zero-order valence-electron chi connectivity index (χ0n) is 37.5. The number of para-hydroxylation sites is 1. The maximum atomic E-state index is 6.80. The molecule has 4 aromatic heterocycles. The van der Waals surface area contributed by atoms with Crippen molar-refractivity contribution in [1.29, 1.82) is 0 Å². The molecule has 70 heavy (non-hydrogen) atoms. The van der Waals surface area contributed by atoms with E-state index in [1.165, 1.54) is 36.9 Å². The first-order valence-electron chi connectivity index (χ1n) is 23.4. The summed E-state index contributed by atoms with van der Waals surface area (Å²) >= 11 is 1.86. The van der Waals surface area contributed by atoms with Gasteiger partial charge in [0, 0.05) is 69.4 Å². The van der Waals surface area contributed by atoms with Crippen molar-refractivity contribution in [2.45, 2.75) is 0 Å². The van der Waals surface area contributed by atoms with E-state index in [0.29, 0.717) is 17.5 Å². The summed E-state index contributed by atoms with van der Waals surface area (Å²) in [7, 11) is 0. The summed E-state index contributed by atoms with van der Waals surface area (Å²) in [5, 5.41) is 7.95. The molecule has 14 aromatic rings. The van der Waals surface area contributed by atoms with Crippen LogP contribution in [0.3, 0.4) is 0 Å². The molecule has 0 unspecified atom stereocenters. The maximum absolute atomic E-state index is 6.80. The highest BCUT2D eigenvalue weighted by Gasteiger charge is 2.20. The van der Waals surface area contributed by atoms with Crippen LogP contribution in [0, 0.1) is 0 Å². The normalized spacial score (nSPS) is 11.7. The van der Waals surface area contributed by atoms with Crippen LogP contribution in [0.1, 0.15) is 0 Å². The van der Waals surface area contributed by atoms with Crippen LogP contribution in [0.4, 0.5) is 0 Å². The summed E-state index contributed by atoms with van der Waals surface area (Å²) in [4.78, 5) is 20.0. The molecular weight excluding hydrogens is 873 g/mol. The van der Waals surface area contributed by atoms with E-state index in [1.54, 1.807) is 0 Å². The SMILES string of the molecule is c1ccc(-c2nc(-c3ccccc3)nc(-c3ccc(-c4cccc5c4sc4c(-c6cccc(-c7ccc8oc9c(ccc%10c(-c%11ccccc%11)nc%11ccccc%11c%109)c8c7)c6)cccc45)cc3)n2)cc1. The van der Waals surface area contributed by atoms with E-state index in [0.717, 1.165) is 88.3 Å². The molecule has 0 bridgehead atoms. The highest BCUT2D eigenvalue weighted by Crippen LogP contribution is 2.46. The predicted octanol–water partition coefficient (Wildman–Crippen LogP) is 17.5. The average molecular weight is 911 g/mol. The largest absolute Gasteiger partial charge is 0.455 e. The second-order valence-corrected chi connectivity index (χ2v) is 18.7. The van der Waals surface area contributed by atoms with Gasteiger partial charge >= 0.3 is 0 Å². The average Bonchev–Trinajstić information content (AvgIpc) is 4.02. The molecule has 0 N–H and O–H groups in total. The number of hydrogen-bond donors (Lipinski definition) is 0. The quantitative estimate of drug-likeness (QED) is 0.149. The van der Waals surface area contributed by atoms with E-state index in [9.17, 15) is 0 Å². The number of aromatic nitrogens is 4. The van der Waals surface area contributed by atoms with Crippen LogP contribution in [0.2, 0.25) is 0 Å². The molecule has 5 nitrogen and oxygen atoms in total. The van der Waals surface area contributed by atoms with Gasteiger partial charge in [-0.15, -0.1) is 11.3 Å². The summed E-state index contributed by atoms with van der Waals surface area (Å²) in [6, 6.07) is 81.0. The fourth-order valence-electron chi connectivity index (χ4n) is 10.1. The Kier molecular flexibility index (Phi) is 9.32. The number of furan rings is 1. The summed E-state index contributed by atoms with van der Waals surface area (Å²) in [6.45, 7) is 0. The molecule has 0 radical (unpaired) electrons. The molecule has 326 valence electrons. The number of rotatable bonds is 7. The molecule has 0 spiro atoms. The number of pyridine rings is 1. The van der Waals surface area contributed by atoms with Gasteiger partial charge in [0.05, 0.1) is 11.2 Å². The van der Waals surface area contributed by atoms with Crippen molar-refractivity contribution in [3.8, 4) is 78.8 Å². The van der Waals surface area contributed by atoms with E-state index < -0.39 is 0 Å². The Bertz CT molecular complexity index is 4280. The summed E-state index contributed by atoms with van der Waals surface area (Å²) in [5.74, 6) is 1.94. The lowest BCUT2D eigenvalue weighted by molar-refractivity contribution is 0.673. The topological polar surface area (TPSA) is 64.7 Å². The molecule has 0 atom stereocenters. The van der Waals surface area contributed by atoms with Crippen molar-refractivity contribution in [1.82, 2.24) is 19.9 Å². The van der Waals surface area contributed by atoms with Gasteiger partial charge in [-0.1, -0.05) is 200 Å². The van der Waals surface area contributed by atoms with Crippen molar-refractivity contribution in [3.63, 3.8) is 0 Å². The monoisotopic (exact) mass is 910 g/mol. The summed E-state index contributed by atoms with van der Waals surface area (Å²) in [5.41, 5.74) is 14.6. The minimum atomic E-state index is 0.641. The number of hydrogen-bond acceptors (Lipinski definition) is 6. The summed E-state index contributed by atoms with van der Waals surface area (Å²) < 4.78 is 9.33. The van der Waals surface area contributed by atoms with Crippen LogP contribution in [-0.4, -0.2) is 19.9 Å². The van der Waals surface area contributed by atoms with Gasteiger partial charge in [-0.05, 0) is 63.7 Å². The maximum Gasteiger partial charge on any atom is 0.164 e. The minimum Gasteiger partial charge on any atom is -0.455 e. The van der Waals surface area contributed by atoms with Gasteiger partial charge < -0.3 is 4.42 Å². The van der Waals surface area contributed by atoms with Crippen LogP contribution < -0.4 is 0 Å². The van der Waals surface area contributed by atoms with E-state index >= 15 is 0 Å². The molecule has 14 rings (SSSR count). The third-order valence-corrected chi connectivity index (χ3v) is 14.8. The van der Waals surface area contributed by atoms with Gasteiger partial charge in [0.25, 0.3) is 0 Å². The van der Waals surface area contributed by atoms with E-state index in [4.69, 9.17) is 24.4 Å². The Labute approximate surface area is 406 Å². The van der Waals surface area contributed by atoms with Crippen molar-refractivity contribution in [2.24, 2.45) is 0 Å². The van der Waals surface area contributed by atoms with Gasteiger partial charge in [0.1, 0.15) is 11.2 Å². The van der Waals surface area contributed by atoms with Gasteiger partial charge in [-0.3, -0.25) is 0 Å². The van der Waals surface area contributed by atoms with Gasteiger partial charge in [0.2, 0.25) is 0 Å². The highest BCUT2D eigenvalue weighted by molar-refractivity contribution is 7.26. The zero-order valence-corrected chi connectivity index (χ0v) is 38.4. The molecule has 0 aliphatic rings. The van der Waals surface area contributed by atoms with Crippen LogP contribution in [0.15, 0.2) is 235 Å². The van der Waals surface area contributed by atoms with Crippen LogP contribution in [0.25, 0.3) is 143 Å². The van der Waals surface area contributed by atoms with E-state index in [2.05, 4.69) is 164 Å². The molecule has 4 heterocycles. The lowest BCUT2D eigenvalue weighted by Crippen LogP contribution is -2.00. The van der Waals surface area contributed by atoms with Crippen LogP contribution in [0.5, 0.6) is 0 Å². The summed E-state index contributed by atoms with van der Waals surface area (Å²) in [6.07, 6.45) is 0. The van der Waals surface area contributed by atoms with Crippen molar-refractivity contribution in [3.05, 3.63) is 231 Å². The second-order valence-electron chi connectivity index (χ2n) is 17.7. The first-order chi connectivity index (χ1) is 34.7. The smallest absolute Gasteiger partial charge is 0.164 e. The first kappa shape index (κ1) is 40.0. The second kappa shape index (κ2) is 16.3. The molecule has 0 amide bonds. The predicted molar refractivity (Wildman–Crippen MR) is 291 cm³/mol. The molecule has 10 aromatic carbocycles. The molecule has 0 fully saturated rings. The third-order valence-electron chi connectivity index (χ3n) is 13.5. The van der Waals surface area contributed by atoms with Gasteiger partial charge in [-0.2, -0.15) is 0 Å². The molecular formula is C64H38N4OS. The Hall–Kier alpha value is -9.10. The fourth-order valence-corrected chi connectivity index (χ4v) is 11.5. The van der Waals surface area contributed by atoms with Crippen molar-refractivity contribution < 1.29 is 4.42 Å². The first-order valence-corrected chi connectivity index (χ1v) is 24.3. The van der Waals surface area contributed by atoms with Crippen LogP contribution >= 0.6 is 11.3 Å². The minimum absolute atomic E-state index is 0.641. The van der Waals surface area contributed by atoms with Gasteiger partial charge in [0.15, 0.2) is 17.5 Å². The lowest BCUT2D eigenvalue weighted by Gasteiger charge is -2.10. The Morgan fingerprint density at radius 3 is 1.46 bits per heavy atom. The van der Waals surface area contributed by atoms with Crippen molar-refractivity contribution in [2.75, 3.05) is 0 Å². The standard InChI is InChI=1S/C64H38N4OS/c1-4-15-40(16-5-1)58-53-35-34-49-54-38-45(33-36-56(54)69-59(49)57(53)52-23-10-11-28-55(52)65-58)44-21-12-22-46(37-44)48-25-14-27-51-50-26-13-24-47(60(50)70-61(48)51)39-29-31-43(32-30-39)64-67-62(41-17-6-2-7-18-41)66-63(68-64)42-19-8-3-9-20-42/h1-38H. The molecule has 0 saturated heterocycles. The Balaban J connectivity index is 0.830. The third kappa shape index (κ3) is 6.68. The van der Waals surface area contributed by atoms with Crippen LogP contribution in [-0.2, 0) is 0 Å². The molecule has 6 heteroatoms. The molecule has 0 aliphatic carbocycles. The Morgan fingerprint density at radius 1 is 0.300 bits per heavy atom. The fraction of sp³-hybridized carbons (Fsp3) is 0. The lowest BCUT2D eigenvalue weighted by atomic mass is 9.96. The number of thiophene rings is 1. The van der Waals surface area contributed by atoms with Gasteiger partial charge in [-0.25, -0.2) is 19.9 Å². The van der Waals surface area contributed by atoms with E-state index in [-0.39, 0.29) is 0 Å². The highest BCUT2D eigenvalue weighted by atomic mass is 32.1. The molecule has 0 aliphatic heterocycles.